The topological polar surface area (TPSA) is 59.3 Å². The molecule has 1 amide bonds. The number of pyridine rings is 2. The summed E-state index contributed by atoms with van der Waals surface area (Å²) in [6.07, 6.45) is -0.929. The second-order valence-corrected chi connectivity index (χ2v) is 5.21. The minimum absolute atomic E-state index is 0.0253. The monoisotopic (exact) mass is 334 g/mol. The second kappa shape index (κ2) is 5.95. The van der Waals surface area contributed by atoms with Crippen LogP contribution in [0.1, 0.15) is 27.4 Å². The highest BCUT2D eigenvalue weighted by Crippen LogP contribution is 2.28. The predicted octanol–water partition coefficient (Wildman–Crippen LogP) is 2.99. The summed E-state index contributed by atoms with van der Waals surface area (Å²) in [7, 11) is 0. The zero-order valence-electron chi connectivity index (χ0n) is 12.6. The van der Waals surface area contributed by atoms with Crippen molar-refractivity contribution >= 4 is 11.6 Å². The SMILES string of the molecule is Cc1nc(C(F)(F)F)ccc1C(=O)NCc1cn2ccccc2n1. The Morgan fingerprint density at radius 1 is 1.21 bits per heavy atom. The van der Waals surface area contributed by atoms with Gasteiger partial charge >= 0.3 is 6.18 Å². The lowest BCUT2D eigenvalue weighted by Crippen LogP contribution is -2.24. The van der Waals surface area contributed by atoms with Crippen LogP contribution in [0.25, 0.3) is 5.65 Å². The van der Waals surface area contributed by atoms with Crippen LogP contribution in [-0.2, 0) is 12.7 Å². The molecule has 0 aliphatic carbocycles. The lowest BCUT2D eigenvalue weighted by Gasteiger charge is -2.10. The third kappa shape index (κ3) is 3.22. The Hall–Kier alpha value is -2.90. The van der Waals surface area contributed by atoms with Crippen molar-refractivity contribution in [2.75, 3.05) is 0 Å². The van der Waals surface area contributed by atoms with E-state index < -0.39 is 17.8 Å². The van der Waals surface area contributed by atoms with Crippen LogP contribution in [0, 0.1) is 6.92 Å². The van der Waals surface area contributed by atoms with E-state index in [2.05, 4.69) is 15.3 Å². The molecule has 0 radical (unpaired) electrons. The average molecular weight is 334 g/mol. The summed E-state index contributed by atoms with van der Waals surface area (Å²) in [4.78, 5) is 19.9. The third-order valence-electron chi connectivity index (χ3n) is 3.46. The Morgan fingerprint density at radius 3 is 2.67 bits per heavy atom. The highest BCUT2D eigenvalue weighted by Gasteiger charge is 2.33. The summed E-state index contributed by atoms with van der Waals surface area (Å²) < 4.78 is 39.6. The van der Waals surface area contributed by atoms with Gasteiger partial charge in [-0.25, -0.2) is 9.97 Å². The Balaban J connectivity index is 1.73. The molecule has 124 valence electrons. The molecule has 0 aliphatic rings. The number of fused-ring (bicyclic) bond motifs is 1. The lowest BCUT2D eigenvalue weighted by molar-refractivity contribution is -0.141. The first-order valence-corrected chi connectivity index (χ1v) is 7.10. The highest BCUT2D eigenvalue weighted by atomic mass is 19.4. The van der Waals surface area contributed by atoms with Crippen molar-refractivity contribution in [1.29, 1.82) is 0 Å². The molecule has 0 unspecified atom stereocenters. The number of alkyl halides is 3. The molecule has 0 saturated heterocycles. The number of aromatic nitrogens is 3. The number of imidazole rings is 1. The molecule has 0 spiro atoms. The fourth-order valence-corrected chi connectivity index (χ4v) is 2.30. The summed E-state index contributed by atoms with van der Waals surface area (Å²) in [5, 5.41) is 2.64. The van der Waals surface area contributed by atoms with Crippen LogP contribution in [-0.4, -0.2) is 20.3 Å². The molecular weight excluding hydrogens is 321 g/mol. The number of nitrogens with zero attached hydrogens (tertiary/aromatic N) is 3. The van der Waals surface area contributed by atoms with E-state index in [1.165, 1.54) is 6.92 Å². The Labute approximate surface area is 135 Å². The lowest BCUT2D eigenvalue weighted by atomic mass is 10.1. The number of aryl methyl sites for hydroxylation is 1. The van der Waals surface area contributed by atoms with Gasteiger partial charge in [0.25, 0.3) is 5.91 Å². The van der Waals surface area contributed by atoms with Crippen LogP contribution < -0.4 is 5.32 Å². The molecule has 3 aromatic rings. The minimum Gasteiger partial charge on any atom is -0.346 e. The predicted molar refractivity (Wildman–Crippen MR) is 80.3 cm³/mol. The molecule has 24 heavy (non-hydrogen) atoms. The Bertz CT molecular complexity index is 869. The van der Waals surface area contributed by atoms with Gasteiger partial charge in [-0.05, 0) is 31.2 Å². The number of halogens is 3. The molecule has 0 aliphatic heterocycles. The first-order chi connectivity index (χ1) is 11.3. The van der Waals surface area contributed by atoms with E-state index in [0.29, 0.717) is 5.69 Å². The van der Waals surface area contributed by atoms with Gasteiger partial charge in [0, 0.05) is 12.4 Å². The van der Waals surface area contributed by atoms with Crippen LogP contribution in [0.2, 0.25) is 0 Å². The third-order valence-corrected chi connectivity index (χ3v) is 3.46. The van der Waals surface area contributed by atoms with Crippen molar-refractivity contribution in [2.45, 2.75) is 19.6 Å². The summed E-state index contributed by atoms with van der Waals surface area (Å²) in [5.41, 5.74) is 0.502. The quantitative estimate of drug-likeness (QED) is 0.801. The van der Waals surface area contributed by atoms with Crippen LogP contribution in [0.3, 0.4) is 0 Å². The Kier molecular flexibility index (Phi) is 3.96. The van der Waals surface area contributed by atoms with E-state index in [1.54, 1.807) is 6.20 Å². The highest BCUT2D eigenvalue weighted by molar-refractivity contribution is 5.95. The summed E-state index contributed by atoms with van der Waals surface area (Å²) in [5.74, 6) is -0.495. The van der Waals surface area contributed by atoms with Gasteiger partial charge in [0.1, 0.15) is 11.3 Å². The van der Waals surface area contributed by atoms with E-state index in [0.717, 1.165) is 17.8 Å². The molecule has 0 aromatic carbocycles. The number of carbonyl (C=O) groups is 1. The van der Waals surface area contributed by atoms with E-state index in [-0.39, 0.29) is 17.8 Å². The van der Waals surface area contributed by atoms with Gasteiger partial charge in [-0.3, -0.25) is 4.79 Å². The van der Waals surface area contributed by atoms with Crippen molar-refractivity contribution in [3.63, 3.8) is 0 Å². The fraction of sp³-hybridized carbons (Fsp3) is 0.188. The summed E-state index contributed by atoms with van der Waals surface area (Å²) >= 11 is 0. The van der Waals surface area contributed by atoms with Crippen LogP contribution >= 0.6 is 0 Å². The van der Waals surface area contributed by atoms with E-state index in [1.807, 2.05) is 28.8 Å². The molecule has 0 bridgehead atoms. The van der Waals surface area contributed by atoms with Crippen molar-refractivity contribution in [3.05, 3.63) is 65.4 Å². The van der Waals surface area contributed by atoms with E-state index in [4.69, 9.17) is 0 Å². The van der Waals surface area contributed by atoms with Crippen LogP contribution in [0.5, 0.6) is 0 Å². The van der Waals surface area contributed by atoms with Gasteiger partial charge in [-0.1, -0.05) is 6.07 Å². The van der Waals surface area contributed by atoms with Crippen molar-refractivity contribution in [3.8, 4) is 0 Å². The molecule has 0 atom stereocenters. The molecule has 5 nitrogen and oxygen atoms in total. The molecule has 8 heteroatoms. The maximum Gasteiger partial charge on any atom is 0.433 e. The number of rotatable bonds is 3. The molecule has 1 N–H and O–H groups in total. The largest absolute Gasteiger partial charge is 0.433 e. The van der Waals surface area contributed by atoms with Crippen LogP contribution in [0.15, 0.2) is 42.7 Å². The smallest absolute Gasteiger partial charge is 0.346 e. The first kappa shape index (κ1) is 16.0. The number of hydrogen-bond donors (Lipinski definition) is 1. The number of hydrogen-bond acceptors (Lipinski definition) is 3. The minimum atomic E-state index is -4.53. The summed E-state index contributed by atoms with van der Waals surface area (Å²) in [6, 6.07) is 7.46. The van der Waals surface area contributed by atoms with Gasteiger partial charge in [0.2, 0.25) is 0 Å². The van der Waals surface area contributed by atoms with E-state index in [9.17, 15) is 18.0 Å². The van der Waals surface area contributed by atoms with Gasteiger partial charge in [-0.2, -0.15) is 13.2 Å². The van der Waals surface area contributed by atoms with Gasteiger partial charge < -0.3 is 9.72 Å². The normalized spacial score (nSPS) is 11.7. The van der Waals surface area contributed by atoms with Gasteiger partial charge in [-0.15, -0.1) is 0 Å². The van der Waals surface area contributed by atoms with Crippen molar-refractivity contribution in [1.82, 2.24) is 19.7 Å². The van der Waals surface area contributed by atoms with Gasteiger partial charge in [0.15, 0.2) is 0 Å². The standard InChI is InChI=1S/C16H13F3N4O/c1-10-12(5-6-13(21-10)16(17,18)19)15(24)20-8-11-9-23-7-3-2-4-14(23)22-11/h2-7,9H,8H2,1H3,(H,20,24). The Morgan fingerprint density at radius 2 is 2.00 bits per heavy atom. The number of nitrogens with one attached hydrogen (secondary N) is 1. The van der Waals surface area contributed by atoms with Crippen molar-refractivity contribution < 1.29 is 18.0 Å². The van der Waals surface area contributed by atoms with Gasteiger partial charge in [0.05, 0.1) is 23.5 Å². The molecule has 0 saturated carbocycles. The van der Waals surface area contributed by atoms with Crippen molar-refractivity contribution in [2.24, 2.45) is 0 Å². The fourth-order valence-electron chi connectivity index (χ4n) is 2.30. The molecule has 0 fully saturated rings. The number of carbonyl (C=O) groups excluding carboxylic acids is 1. The number of amides is 1. The molecule has 3 heterocycles. The molecule has 3 rings (SSSR count). The maximum atomic E-state index is 12.6. The first-order valence-electron chi connectivity index (χ1n) is 7.10. The van der Waals surface area contributed by atoms with E-state index >= 15 is 0 Å². The molecule has 3 aromatic heterocycles. The summed E-state index contributed by atoms with van der Waals surface area (Å²) in [6.45, 7) is 1.54. The zero-order chi connectivity index (χ0) is 17.3. The average Bonchev–Trinajstić information content (AvgIpc) is 2.94. The second-order valence-electron chi connectivity index (χ2n) is 5.21. The molecular formula is C16H13F3N4O. The zero-order valence-corrected chi connectivity index (χ0v) is 12.6. The van der Waals surface area contributed by atoms with Crippen LogP contribution in [0.4, 0.5) is 13.2 Å². The maximum absolute atomic E-state index is 12.6.